The lowest BCUT2D eigenvalue weighted by Gasteiger charge is -2.13. The van der Waals surface area contributed by atoms with Crippen LogP contribution >= 0.6 is 0 Å². The third-order valence-electron chi connectivity index (χ3n) is 2.92. The fourth-order valence-electron chi connectivity index (χ4n) is 1.65. The molecule has 0 aromatic heterocycles. The standard InChI is InChI=1S/C14H31NO/c1-13(2)7-6-8-14(3)9-11-16-12-10-15(4)5/h13-14H,6-12H2,1-5H3/t14-/m1/s1. The molecule has 98 valence electrons. The van der Waals surface area contributed by atoms with Crippen molar-refractivity contribution in [1.29, 1.82) is 0 Å². The van der Waals surface area contributed by atoms with Gasteiger partial charge in [0.25, 0.3) is 0 Å². The molecule has 2 nitrogen and oxygen atoms in total. The second kappa shape index (κ2) is 10.1. The molecule has 16 heavy (non-hydrogen) atoms. The molecule has 0 bridgehead atoms. The van der Waals surface area contributed by atoms with Crippen molar-refractivity contribution >= 4 is 0 Å². The molecule has 0 aromatic rings. The lowest BCUT2D eigenvalue weighted by Crippen LogP contribution is -2.18. The number of hydrogen-bond donors (Lipinski definition) is 0. The van der Waals surface area contributed by atoms with Crippen LogP contribution in [0.15, 0.2) is 0 Å². The first-order chi connectivity index (χ1) is 7.52. The Kier molecular flexibility index (Phi) is 10.0. The number of likely N-dealkylation sites (N-methyl/N-ethyl adjacent to an activating group) is 1. The van der Waals surface area contributed by atoms with E-state index in [4.69, 9.17) is 4.74 Å². The van der Waals surface area contributed by atoms with E-state index >= 15 is 0 Å². The van der Waals surface area contributed by atoms with Crippen LogP contribution in [0.4, 0.5) is 0 Å². The summed E-state index contributed by atoms with van der Waals surface area (Å²) in [4.78, 5) is 2.16. The lowest BCUT2D eigenvalue weighted by atomic mass is 9.98. The van der Waals surface area contributed by atoms with Gasteiger partial charge in [-0.25, -0.2) is 0 Å². The molecule has 0 aliphatic rings. The molecule has 0 rings (SSSR count). The fourth-order valence-corrected chi connectivity index (χ4v) is 1.65. The third-order valence-corrected chi connectivity index (χ3v) is 2.92. The Hall–Kier alpha value is -0.0800. The molecule has 0 fully saturated rings. The molecule has 0 unspecified atom stereocenters. The summed E-state index contributed by atoms with van der Waals surface area (Å²) >= 11 is 0. The fraction of sp³-hybridized carbons (Fsp3) is 1.00. The lowest BCUT2D eigenvalue weighted by molar-refractivity contribution is 0.106. The van der Waals surface area contributed by atoms with Gasteiger partial charge in [-0.05, 0) is 32.4 Å². The molecule has 0 heterocycles. The van der Waals surface area contributed by atoms with Crippen LogP contribution in [0, 0.1) is 11.8 Å². The highest BCUT2D eigenvalue weighted by Crippen LogP contribution is 2.14. The second-order valence-corrected chi connectivity index (χ2v) is 5.63. The smallest absolute Gasteiger partial charge is 0.0593 e. The first-order valence-corrected chi connectivity index (χ1v) is 6.74. The monoisotopic (exact) mass is 229 g/mol. The molecule has 2 heteroatoms. The highest BCUT2D eigenvalue weighted by molar-refractivity contribution is 4.55. The van der Waals surface area contributed by atoms with E-state index in [1.165, 1.54) is 25.7 Å². The van der Waals surface area contributed by atoms with Gasteiger partial charge in [0, 0.05) is 13.2 Å². The molecule has 0 aliphatic carbocycles. The molecular weight excluding hydrogens is 198 g/mol. The summed E-state index contributed by atoms with van der Waals surface area (Å²) in [5.74, 6) is 1.67. The summed E-state index contributed by atoms with van der Waals surface area (Å²) in [7, 11) is 4.16. The summed E-state index contributed by atoms with van der Waals surface area (Å²) in [6, 6.07) is 0. The normalized spacial score (nSPS) is 13.7. The van der Waals surface area contributed by atoms with Crippen molar-refractivity contribution in [3.8, 4) is 0 Å². The van der Waals surface area contributed by atoms with Crippen LogP contribution in [0.2, 0.25) is 0 Å². The molecule has 0 spiro atoms. The predicted molar refractivity (Wildman–Crippen MR) is 71.8 cm³/mol. The van der Waals surface area contributed by atoms with Gasteiger partial charge in [-0.2, -0.15) is 0 Å². The van der Waals surface area contributed by atoms with Gasteiger partial charge in [0.1, 0.15) is 0 Å². The quantitative estimate of drug-likeness (QED) is 0.532. The van der Waals surface area contributed by atoms with E-state index in [1.807, 2.05) is 0 Å². The van der Waals surface area contributed by atoms with E-state index in [-0.39, 0.29) is 0 Å². The minimum Gasteiger partial charge on any atom is -0.380 e. The molecular formula is C14H31NO. The third kappa shape index (κ3) is 12.0. The predicted octanol–water partition coefficient (Wildman–Crippen LogP) is 3.42. The topological polar surface area (TPSA) is 12.5 Å². The zero-order chi connectivity index (χ0) is 12.4. The molecule has 0 N–H and O–H groups in total. The Balaban J connectivity index is 3.20. The average Bonchev–Trinajstić information content (AvgIpc) is 2.16. The first kappa shape index (κ1) is 15.9. The molecule has 0 aromatic carbocycles. The Labute approximate surface area is 102 Å². The van der Waals surface area contributed by atoms with Crippen LogP contribution in [0.3, 0.4) is 0 Å². The van der Waals surface area contributed by atoms with Crippen LogP contribution in [-0.2, 0) is 4.74 Å². The van der Waals surface area contributed by atoms with Crippen molar-refractivity contribution < 1.29 is 4.74 Å². The number of rotatable bonds is 10. The molecule has 0 saturated carbocycles. The van der Waals surface area contributed by atoms with E-state index in [0.29, 0.717) is 0 Å². The highest BCUT2D eigenvalue weighted by atomic mass is 16.5. The van der Waals surface area contributed by atoms with E-state index in [9.17, 15) is 0 Å². The minimum absolute atomic E-state index is 0.818. The summed E-state index contributed by atoms with van der Waals surface area (Å²) in [5.41, 5.74) is 0. The Bertz CT molecular complexity index is 146. The SMILES string of the molecule is CC(C)CCC[C@@H](C)CCOCCN(C)C. The Morgan fingerprint density at radius 3 is 2.19 bits per heavy atom. The number of hydrogen-bond acceptors (Lipinski definition) is 2. The van der Waals surface area contributed by atoms with Gasteiger partial charge in [-0.3, -0.25) is 0 Å². The van der Waals surface area contributed by atoms with Crippen LogP contribution in [0.1, 0.15) is 46.5 Å². The summed E-state index contributed by atoms with van der Waals surface area (Å²) in [5, 5.41) is 0. The molecule has 0 saturated heterocycles. The Morgan fingerprint density at radius 1 is 0.938 bits per heavy atom. The first-order valence-electron chi connectivity index (χ1n) is 6.74. The van der Waals surface area contributed by atoms with Gasteiger partial charge in [0.2, 0.25) is 0 Å². The van der Waals surface area contributed by atoms with Crippen molar-refractivity contribution in [2.45, 2.75) is 46.5 Å². The summed E-state index contributed by atoms with van der Waals surface area (Å²) in [6.45, 7) is 9.77. The minimum atomic E-state index is 0.818. The van der Waals surface area contributed by atoms with Crippen molar-refractivity contribution in [3.05, 3.63) is 0 Å². The zero-order valence-electron chi connectivity index (χ0n) is 12.0. The van der Waals surface area contributed by atoms with Crippen molar-refractivity contribution in [3.63, 3.8) is 0 Å². The molecule has 0 radical (unpaired) electrons. The van der Waals surface area contributed by atoms with Crippen molar-refractivity contribution in [2.75, 3.05) is 33.9 Å². The van der Waals surface area contributed by atoms with Gasteiger partial charge in [-0.1, -0.05) is 40.0 Å². The van der Waals surface area contributed by atoms with Gasteiger partial charge in [0.05, 0.1) is 6.61 Å². The zero-order valence-corrected chi connectivity index (χ0v) is 12.0. The molecule has 1 atom stereocenters. The van der Waals surface area contributed by atoms with Gasteiger partial charge in [-0.15, -0.1) is 0 Å². The molecule has 0 aliphatic heterocycles. The van der Waals surface area contributed by atoms with Gasteiger partial charge < -0.3 is 9.64 Å². The second-order valence-electron chi connectivity index (χ2n) is 5.63. The summed E-state index contributed by atoms with van der Waals surface area (Å²) < 4.78 is 5.60. The molecule has 0 amide bonds. The van der Waals surface area contributed by atoms with Gasteiger partial charge >= 0.3 is 0 Å². The highest BCUT2D eigenvalue weighted by Gasteiger charge is 2.03. The van der Waals surface area contributed by atoms with E-state index in [2.05, 4.69) is 39.8 Å². The largest absolute Gasteiger partial charge is 0.380 e. The number of nitrogens with zero attached hydrogens (tertiary/aromatic N) is 1. The maximum atomic E-state index is 5.60. The maximum Gasteiger partial charge on any atom is 0.0593 e. The van der Waals surface area contributed by atoms with Crippen molar-refractivity contribution in [2.24, 2.45) is 11.8 Å². The van der Waals surface area contributed by atoms with Gasteiger partial charge in [0.15, 0.2) is 0 Å². The van der Waals surface area contributed by atoms with Crippen LogP contribution in [0.25, 0.3) is 0 Å². The van der Waals surface area contributed by atoms with Crippen LogP contribution < -0.4 is 0 Å². The Morgan fingerprint density at radius 2 is 1.62 bits per heavy atom. The number of ether oxygens (including phenoxy) is 1. The summed E-state index contributed by atoms with van der Waals surface area (Å²) in [6.07, 6.45) is 5.31. The maximum absolute atomic E-state index is 5.60. The van der Waals surface area contributed by atoms with E-state index in [1.54, 1.807) is 0 Å². The van der Waals surface area contributed by atoms with Crippen LogP contribution in [-0.4, -0.2) is 38.8 Å². The average molecular weight is 229 g/mol. The van der Waals surface area contributed by atoms with Crippen LogP contribution in [0.5, 0.6) is 0 Å². The van der Waals surface area contributed by atoms with E-state index < -0.39 is 0 Å². The van der Waals surface area contributed by atoms with E-state index in [0.717, 1.165) is 31.6 Å². The van der Waals surface area contributed by atoms with Crippen molar-refractivity contribution in [1.82, 2.24) is 4.90 Å².